The van der Waals surface area contributed by atoms with Gasteiger partial charge in [0.05, 0.1) is 70.2 Å². The van der Waals surface area contributed by atoms with Crippen molar-refractivity contribution in [3.05, 3.63) is 239 Å². The van der Waals surface area contributed by atoms with Crippen molar-refractivity contribution in [2.45, 2.75) is 292 Å². The highest BCUT2D eigenvalue weighted by Crippen LogP contribution is 2.31. The van der Waals surface area contributed by atoms with Gasteiger partial charge in [-0.2, -0.15) is 0 Å². The Morgan fingerprint density at radius 1 is 0.375 bits per heavy atom. The molecule has 4 aromatic carbocycles. The summed E-state index contributed by atoms with van der Waals surface area (Å²) in [5.41, 5.74) is 8.19. The molecule has 1 heterocycles. The topological polar surface area (TPSA) is 257 Å². The average Bonchev–Trinajstić information content (AvgIpc) is 0.930. The number of allylic oxidation sites excluding steroid dienone is 11. The van der Waals surface area contributed by atoms with E-state index >= 15 is 0 Å². The second-order valence-electron chi connectivity index (χ2n) is 44.3. The van der Waals surface area contributed by atoms with Gasteiger partial charge in [0, 0.05) is 31.7 Å². The van der Waals surface area contributed by atoms with Crippen LogP contribution in [0.1, 0.15) is 345 Å². The first-order chi connectivity index (χ1) is 62.2. The lowest BCUT2D eigenvalue weighted by Crippen LogP contribution is -2.34. The highest BCUT2D eigenvalue weighted by atomic mass is 16.7. The summed E-state index contributed by atoms with van der Waals surface area (Å²) in [5, 5.41) is 0. The molecule has 1 saturated carbocycles. The lowest BCUT2D eigenvalue weighted by molar-refractivity contribution is -0.152. The Hall–Kier alpha value is -10.8. The average molecular weight is 1890 g/mol. The van der Waals surface area contributed by atoms with Crippen LogP contribution in [0.15, 0.2) is 194 Å². The normalized spacial score (nSPS) is 13.1. The van der Waals surface area contributed by atoms with Crippen molar-refractivity contribution in [2.75, 3.05) is 75.1 Å². The first kappa shape index (κ1) is 134. The van der Waals surface area contributed by atoms with E-state index in [2.05, 4.69) is 267 Å². The number of rotatable bonds is 17. The van der Waals surface area contributed by atoms with Crippen molar-refractivity contribution in [1.82, 2.24) is 4.90 Å². The number of hydrogen-bond donors (Lipinski definition) is 0. The molecule has 20 heteroatoms. The molecule has 0 N–H and O–H groups in total. The molecule has 1 amide bonds. The molecule has 136 heavy (non-hydrogen) atoms. The smallest absolute Gasteiger partial charge is 0.466 e. The van der Waals surface area contributed by atoms with E-state index in [0.29, 0.717) is 41.9 Å². The Morgan fingerprint density at radius 2 is 0.765 bits per heavy atom. The number of ether oxygens (including phenoxy) is 9. The number of amides is 1. The van der Waals surface area contributed by atoms with E-state index in [1.807, 2.05) is 161 Å². The van der Waals surface area contributed by atoms with Crippen LogP contribution < -0.4 is 0 Å². The molecule has 0 atom stereocenters. The van der Waals surface area contributed by atoms with Gasteiger partial charge in [0.25, 0.3) is 0 Å². The summed E-state index contributed by atoms with van der Waals surface area (Å²) in [6.45, 7) is 77.8. The molecule has 2 aliphatic rings. The fourth-order valence-electron chi connectivity index (χ4n) is 9.82. The zero-order valence-corrected chi connectivity index (χ0v) is 91.8. The molecule has 764 valence electrons. The summed E-state index contributed by atoms with van der Waals surface area (Å²) in [6, 6.07) is 30.1. The number of piperidine rings is 1. The number of likely N-dealkylation sites (tertiary alicyclic amines) is 1. The first-order valence-electron chi connectivity index (χ1n) is 46.9. The summed E-state index contributed by atoms with van der Waals surface area (Å²) < 4.78 is 41.8. The largest absolute Gasteiger partial charge is 0.508 e. The summed E-state index contributed by atoms with van der Waals surface area (Å²) in [7, 11) is 6.82. The van der Waals surface area contributed by atoms with Crippen LogP contribution in [0.3, 0.4) is 0 Å². The van der Waals surface area contributed by atoms with Crippen molar-refractivity contribution in [1.29, 1.82) is 0 Å². The Bertz CT molecular complexity index is 4390. The number of carbonyl (C=O) groups excluding carboxylic acids is 10. The summed E-state index contributed by atoms with van der Waals surface area (Å²) in [5.74, 6) is -1.20. The van der Waals surface area contributed by atoms with Gasteiger partial charge in [-0.3, -0.25) is 24.0 Å². The van der Waals surface area contributed by atoms with E-state index in [1.54, 1.807) is 48.6 Å². The molecule has 0 unspecified atom stereocenters. The van der Waals surface area contributed by atoms with E-state index in [0.717, 1.165) is 67.3 Å². The number of methoxy groups -OCH3 is 5. The molecule has 1 aliphatic carbocycles. The van der Waals surface area contributed by atoms with Gasteiger partial charge in [-0.1, -0.05) is 360 Å². The van der Waals surface area contributed by atoms with Gasteiger partial charge >= 0.3 is 47.9 Å². The van der Waals surface area contributed by atoms with Gasteiger partial charge in [-0.15, -0.1) is 0 Å². The molecule has 2 fully saturated rings. The second kappa shape index (κ2) is 67.5. The SMILES string of the molecule is C/C=C/C(C)(C)C.CC(=O)OC/C=C/C(C)(C)C.CC(C)(C)/C=C/C(=O)N1CCCCC1.CC(C)(C)/C=C/COC(=O)C1CC1.CC(C)(C)/C=C/c1cccc(C=O)c1.CCOC(=O)C(C)(C)C.COC(=O)/C=C/C=C/C(C)(C)C.COC(=O)OC/C=C/C(C)(C)C.COC(=O)c1ccc(C(C)(C)C)cc1.COC(=O)c1cccc(/C=C/C(C)(C)C)c1.COC(=O)c1cccc(C(C)(C)C)c1. The zero-order chi connectivity index (χ0) is 106. The number of hydrogen-bond acceptors (Lipinski definition) is 19. The second-order valence-corrected chi connectivity index (χ2v) is 44.3. The van der Waals surface area contributed by atoms with Gasteiger partial charge in [-0.05, 0) is 192 Å². The van der Waals surface area contributed by atoms with Crippen LogP contribution in [-0.4, -0.2) is 140 Å². The molecule has 4 aromatic rings. The maximum atomic E-state index is 11.7. The molecular weight excluding hydrogens is 1710 g/mol. The minimum atomic E-state index is -0.645. The van der Waals surface area contributed by atoms with Crippen LogP contribution in [0.5, 0.6) is 0 Å². The van der Waals surface area contributed by atoms with E-state index in [4.69, 9.17) is 14.2 Å². The molecule has 0 spiro atoms. The van der Waals surface area contributed by atoms with Crippen LogP contribution in [0.4, 0.5) is 4.79 Å². The van der Waals surface area contributed by atoms with Crippen molar-refractivity contribution in [3.8, 4) is 0 Å². The van der Waals surface area contributed by atoms with Crippen LogP contribution in [0, 0.1) is 54.7 Å². The van der Waals surface area contributed by atoms with Gasteiger partial charge < -0.3 is 47.5 Å². The Balaban J connectivity index is -0.000000465. The standard InChI is InChI=1S/C14H18O2.C13H16O.C12H21NO.2C12H16O2.C11H18O2.C10H16O2.C9H16O3.C9H16O2.C7H14O2.C7H14/c1-14(2,3)9-8-11-6-5-7-12(10-11)13(15)16-4;1-13(2,3)8-7-11-5-4-6-12(9-11)10-14;1-12(2,3)8-7-11(14)13-9-5-4-6-10-13;1-12(2,3)10-7-5-9(6-8-10)11(13)14-4;1-12(2,3)10-7-5-6-9(8-10)11(13)14-4;1-11(2,3)7-4-8-13-10(12)9-5-6-9;1-10(2,3)8-6-5-7-9(11)12-4;1-9(2,3)6-5-7-12-8(10)11-4;1-8(10)11-7-5-6-9(2,3)4;1-5-9-6(8)7(2,3)4;1-5-6-7(2,3)4/h5-10H,1-4H3;4-10H,1-3H3;7-8H,4-6,9-10H2,1-3H3;2*5-8H,1-4H3;4,7,9H,5-6,8H2,1-3H3;5-8H,1-4H3;5-6H,7H2,1-4H3;5-6H,7H2,1-4H3;5H2,1-4H3;5-6H,1-4H3/b9-8+;2*8-7+;;;7-4+;7-5+,8-6+;2*6-5+;;6-5+. The maximum absolute atomic E-state index is 11.7. The highest BCUT2D eigenvalue weighted by Gasteiger charge is 2.31. The monoisotopic (exact) mass is 1890 g/mol. The number of nitrogens with zero attached hydrogens (tertiary/aromatic N) is 1. The molecule has 6 rings (SSSR count). The van der Waals surface area contributed by atoms with Gasteiger partial charge in [0.15, 0.2) is 0 Å². The molecule has 0 radical (unpaired) electrons. The Morgan fingerprint density at radius 3 is 1.12 bits per heavy atom. The fourth-order valence-corrected chi connectivity index (χ4v) is 9.82. The summed E-state index contributed by atoms with van der Waals surface area (Å²) >= 11 is 0. The molecule has 1 saturated heterocycles. The van der Waals surface area contributed by atoms with Crippen LogP contribution in [-0.2, 0) is 77.4 Å². The van der Waals surface area contributed by atoms with Crippen molar-refractivity contribution in [2.24, 2.45) is 54.7 Å². The lowest BCUT2D eigenvalue weighted by atomic mass is 9.86. The number of carbonyl (C=O) groups is 10. The van der Waals surface area contributed by atoms with Crippen molar-refractivity contribution < 1.29 is 90.6 Å². The third kappa shape index (κ3) is 84.9. The van der Waals surface area contributed by atoms with Crippen LogP contribution in [0.2, 0.25) is 0 Å². The Kier molecular flexibility index (Phi) is 66.3. The molecule has 0 aromatic heterocycles. The fraction of sp³-hybridized carbons (Fsp3) is 0.552. The van der Waals surface area contributed by atoms with Crippen LogP contribution >= 0.6 is 0 Å². The molecule has 20 nitrogen and oxygen atoms in total. The quantitative estimate of drug-likeness (QED) is 0.0238. The summed E-state index contributed by atoms with van der Waals surface area (Å²) in [4.78, 5) is 111. The molecule has 0 bridgehead atoms. The number of aldehydes is 1. The molecule has 1 aliphatic heterocycles. The van der Waals surface area contributed by atoms with E-state index in [-0.39, 0.29) is 114 Å². The van der Waals surface area contributed by atoms with Gasteiger partial charge in [-0.25, -0.2) is 24.0 Å². The van der Waals surface area contributed by atoms with E-state index in [9.17, 15) is 47.9 Å². The minimum absolute atomic E-state index is 0.0291. The summed E-state index contributed by atoms with van der Waals surface area (Å²) in [6.07, 6.45) is 40.7. The predicted molar refractivity (Wildman–Crippen MR) is 563 cm³/mol. The van der Waals surface area contributed by atoms with Gasteiger partial charge in [0.1, 0.15) is 26.1 Å². The lowest BCUT2D eigenvalue weighted by Gasteiger charge is -2.25. The highest BCUT2D eigenvalue weighted by molar-refractivity contribution is 5.91. The number of benzene rings is 4. The molecular formula is C116H181NO19. The Labute approximate surface area is 823 Å². The third-order valence-corrected chi connectivity index (χ3v) is 17.2. The van der Waals surface area contributed by atoms with Crippen molar-refractivity contribution in [3.63, 3.8) is 0 Å². The maximum Gasteiger partial charge on any atom is 0.508 e. The zero-order valence-electron chi connectivity index (χ0n) is 91.8. The minimum Gasteiger partial charge on any atom is -0.466 e. The van der Waals surface area contributed by atoms with Crippen LogP contribution in [0.25, 0.3) is 12.2 Å². The first-order valence-corrected chi connectivity index (χ1v) is 46.9. The number of esters is 7. The third-order valence-electron chi connectivity index (χ3n) is 17.2. The van der Waals surface area contributed by atoms with Crippen molar-refractivity contribution >= 4 is 72.3 Å². The van der Waals surface area contributed by atoms with Gasteiger partial charge in [0.2, 0.25) is 5.91 Å². The van der Waals surface area contributed by atoms with E-state index < -0.39 is 6.16 Å². The van der Waals surface area contributed by atoms with E-state index in [1.165, 1.54) is 60.5 Å². The predicted octanol–water partition coefficient (Wildman–Crippen LogP) is 28.8.